The Balaban J connectivity index is 1.50. The quantitative estimate of drug-likeness (QED) is 0.355. The van der Waals surface area contributed by atoms with E-state index < -0.39 is 5.82 Å². The second kappa shape index (κ2) is 8.61. The lowest BCUT2D eigenvalue weighted by Gasteiger charge is -2.09. The van der Waals surface area contributed by atoms with E-state index in [1.807, 2.05) is 42.7 Å². The summed E-state index contributed by atoms with van der Waals surface area (Å²) in [6.45, 7) is 4.41. The smallest absolute Gasteiger partial charge is 0.234 e. The molecule has 0 atom stereocenters. The van der Waals surface area contributed by atoms with Crippen molar-refractivity contribution in [2.45, 2.75) is 25.5 Å². The molecule has 0 aliphatic heterocycles. The van der Waals surface area contributed by atoms with Crippen LogP contribution in [0.3, 0.4) is 0 Å². The van der Waals surface area contributed by atoms with E-state index in [1.54, 1.807) is 6.07 Å². The molecule has 0 saturated heterocycles. The number of nitrogens with zero attached hydrogens (tertiary/aromatic N) is 3. The molecule has 0 aliphatic rings. The van der Waals surface area contributed by atoms with Gasteiger partial charge in [0.25, 0.3) is 0 Å². The third-order valence-corrected chi connectivity index (χ3v) is 6.00. The molecule has 4 aromatic rings. The van der Waals surface area contributed by atoms with Gasteiger partial charge in [-0.1, -0.05) is 33.8 Å². The van der Waals surface area contributed by atoms with Crippen LogP contribution < -0.4 is 5.32 Å². The van der Waals surface area contributed by atoms with Crippen molar-refractivity contribution in [3.63, 3.8) is 0 Å². The number of fused-ring (bicyclic) bond motifs is 1. The number of anilines is 1. The first-order chi connectivity index (χ1) is 14.4. The molecule has 9 heteroatoms. The third-order valence-electron chi connectivity index (χ3n) is 4.54. The van der Waals surface area contributed by atoms with Gasteiger partial charge in [0.05, 0.1) is 5.75 Å². The van der Waals surface area contributed by atoms with Crippen LogP contribution in [-0.4, -0.2) is 26.4 Å². The topological polar surface area (TPSA) is 73.0 Å². The summed E-state index contributed by atoms with van der Waals surface area (Å²) in [6, 6.07) is 12.0. The van der Waals surface area contributed by atoms with Crippen LogP contribution in [-0.2, 0) is 11.3 Å². The number of hydrogen-bond acceptors (Lipinski definition) is 5. The summed E-state index contributed by atoms with van der Waals surface area (Å²) in [5.74, 6) is 0.713. The van der Waals surface area contributed by atoms with Crippen molar-refractivity contribution in [1.82, 2.24) is 14.8 Å². The van der Waals surface area contributed by atoms with E-state index in [0.29, 0.717) is 29.0 Å². The molecule has 0 aliphatic carbocycles. The van der Waals surface area contributed by atoms with E-state index in [4.69, 9.17) is 4.42 Å². The van der Waals surface area contributed by atoms with E-state index >= 15 is 0 Å². The fourth-order valence-electron chi connectivity index (χ4n) is 3.03. The van der Waals surface area contributed by atoms with Crippen LogP contribution >= 0.6 is 27.7 Å². The molecular formula is C21H18BrFN4O2S. The third kappa shape index (κ3) is 4.27. The van der Waals surface area contributed by atoms with Crippen molar-refractivity contribution in [1.29, 1.82) is 0 Å². The van der Waals surface area contributed by atoms with Crippen molar-refractivity contribution in [2.24, 2.45) is 0 Å². The molecule has 1 amide bonds. The van der Waals surface area contributed by atoms with Crippen LogP contribution in [0.2, 0.25) is 0 Å². The minimum atomic E-state index is -0.392. The van der Waals surface area contributed by atoms with E-state index in [9.17, 15) is 9.18 Å². The van der Waals surface area contributed by atoms with Gasteiger partial charge in [0.1, 0.15) is 11.4 Å². The molecule has 2 aromatic heterocycles. The van der Waals surface area contributed by atoms with Gasteiger partial charge >= 0.3 is 0 Å². The molecule has 0 spiro atoms. The molecule has 0 unspecified atom stereocenters. The summed E-state index contributed by atoms with van der Waals surface area (Å²) in [6.07, 6.45) is 0. The Morgan fingerprint density at radius 2 is 2.07 bits per heavy atom. The van der Waals surface area contributed by atoms with Crippen molar-refractivity contribution in [2.75, 3.05) is 11.1 Å². The number of benzene rings is 2. The van der Waals surface area contributed by atoms with Crippen molar-refractivity contribution < 1.29 is 13.6 Å². The van der Waals surface area contributed by atoms with Gasteiger partial charge in [-0.25, -0.2) is 4.39 Å². The Morgan fingerprint density at radius 1 is 1.23 bits per heavy atom. The Hall–Kier alpha value is -2.65. The van der Waals surface area contributed by atoms with E-state index in [1.165, 1.54) is 23.9 Å². The lowest BCUT2D eigenvalue weighted by molar-refractivity contribution is -0.113. The molecule has 154 valence electrons. The van der Waals surface area contributed by atoms with Crippen LogP contribution in [0.15, 0.2) is 56.5 Å². The zero-order valence-corrected chi connectivity index (χ0v) is 18.7. The zero-order valence-electron chi connectivity index (χ0n) is 16.3. The molecule has 0 bridgehead atoms. The van der Waals surface area contributed by atoms with Crippen LogP contribution in [0.25, 0.3) is 22.6 Å². The fourth-order valence-corrected chi connectivity index (χ4v) is 4.21. The maximum Gasteiger partial charge on any atom is 0.234 e. The number of amides is 1. The van der Waals surface area contributed by atoms with Gasteiger partial charge in [0.2, 0.25) is 11.7 Å². The van der Waals surface area contributed by atoms with E-state index in [-0.39, 0.29) is 11.7 Å². The Labute approximate surface area is 185 Å². The van der Waals surface area contributed by atoms with Crippen LogP contribution in [0, 0.1) is 12.7 Å². The van der Waals surface area contributed by atoms with Crippen molar-refractivity contribution in [3.8, 4) is 11.6 Å². The number of furan rings is 1. The number of aryl methyl sites for hydroxylation is 1. The molecular weight excluding hydrogens is 471 g/mol. The molecule has 30 heavy (non-hydrogen) atoms. The van der Waals surface area contributed by atoms with E-state index in [0.717, 1.165) is 21.0 Å². The van der Waals surface area contributed by atoms with Crippen LogP contribution in [0.1, 0.15) is 12.5 Å². The van der Waals surface area contributed by atoms with Gasteiger partial charge in [-0.2, -0.15) is 0 Å². The first-order valence-electron chi connectivity index (χ1n) is 9.26. The summed E-state index contributed by atoms with van der Waals surface area (Å²) in [4.78, 5) is 12.3. The second-order valence-electron chi connectivity index (χ2n) is 6.64. The highest BCUT2D eigenvalue weighted by Crippen LogP contribution is 2.30. The molecule has 0 radical (unpaired) electrons. The van der Waals surface area contributed by atoms with Gasteiger partial charge in [-0.3, -0.25) is 9.36 Å². The Bertz CT molecular complexity index is 1240. The monoisotopic (exact) mass is 488 g/mol. The molecule has 0 fully saturated rings. The molecule has 6 nitrogen and oxygen atoms in total. The maximum absolute atomic E-state index is 13.4. The average molecular weight is 489 g/mol. The predicted molar refractivity (Wildman–Crippen MR) is 119 cm³/mol. The van der Waals surface area contributed by atoms with Gasteiger partial charge in [-0.05, 0) is 55.8 Å². The number of carbonyl (C=O) groups excluding carboxylic acids is 1. The number of hydrogen-bond donors (Lipinski definition) is 1. The first-order valence-corrected chi connectivity index (χ1v) is 11.0. The Morgan fingerprint density at radius 3 is 2.87 bits per heavy atom. The summed E-state index contributed by atoms with van der Waals surface area (Å²) >= 11 is 4.73. The highest BCUT2D eigenvalue weighted by molar-refractivity contribution is 9.10. The number of thioether (sulfide) groups is 1. The second-order valence-corrected chi connectivity index (χ2v) is 8.50. The molecule has 2 aromatic carbocycles. The molecule has 0 saturated carbocycles. The average Bonchev–Trinajstić information content (AvgIpc) is 3.32. The molecule has 4 rings (SSSR count). The number of aromatic nitrogens is 3. The summed E-state index contributed by atoms with van der Waals surface area (Å²) in [5, 5.41) is 12.8. The van der Waals surface area contributed by atoms with Crippen LogP contribution in [0.5, 0.6) is 0 Å². The lowest BCUT2D eigenvalue weighted by Crippen LogP contribution is -2.15. The van der Waals surface area contributed by atoms with Crippen molar-refractivity contribution >= 4 is 50.3 Å². The van der Waals surface area contributed by atoms with Crippen molar-refractivity contribution in [3.05, 3.63) is 58.3 Å². The SMILES string of the molecule is CCn1c(SCC(=O)Nc2cc(F)ccc2C)nnc1-c1cc2cc(Br)ccc2o1. The maximum atomic E-state index is 13.4. The Kier molecular flexibility index (Phi) is 5.92. The van der Waals surface area contributed by atoms with E-state index in [2.05, 4.69) is 31.4 Å². The summed E-state index contributed by atoms with van der Waals surface area (Å²) in [5.41, 5.74) is 2.02. The van der Waals surface area contributed by atoms with Gasteiger partial charge in [0.15, 0.2) is 10.9 Å². The lowest BCUT2D eigenvalue weighted by atomic mass is 10.2. The zero-order chi connectivity index (χ0) is 21.3. The van der Waals surface area contributed by atoms with Gasteiger partial charge < -0.3 is 9.73 Å². The predicted octanol–water partition coefficient (Wildman–Crippen LogP) is 5.65. The van der Waals surface area contributed by atoms with Gasteiger partial charge in [-0.15, -0.1) is 10.2 Å². The number of nitrogens with one attached hydrogen (secondary N) is 1. The molecule has 2 heterocycles. The normalized spacial score (nSPS) is 11.2. The highest BCUT2D eigenvalue weighted by atomic mass is 79.9. The number of carbonyl (C=O) groups is 1. The summed E-state index contributed by atoms with van der Waals surface area (Å²) in [7, 11) is 0. The standard InChI is InChI=1S/C21H18BrFN4O2S/c1-3-27-20(18-9-13-8-14(22)5-7-17(13)29-18)25-26-21(27)30-11-19(28)24-16-10-15(23)6-4-12(16)2/h4-10H,3,11H2,1-2H3,(H,24,28). The number of halogens is 2. The largest absolute Gasteiger partial charge is 0.453 e. The number of rotatable bonds is 6. The minimum Gasteiger partial charge on any atom is -0.453 e. The highest BCUT2D eigenvalue weighted by Gasteiger charge is 2.18. The van der Waals surface area contributed by atoms with Crippen LogP contribution in [0.4, 0.5) is 10.1 Å². The molecule has 1 N–H and O–H groups in total. The minimum absolute atomic E-state index is 0.126. The summed E-state index contributed by atoms with van der Waals surface area (Å²) < 4.78 is 22.2. The fraction of sp³-hybridized carbons (Fsp3) is 0.190. The van der Waals surface area contributed by atoms with Gasteiger partial charge in [0, 0.05) is 22.1 Å². The first kappa shape index (κ1) is 20.6.